The van der Waals surface area contributed by atoms with Gasteiger partial charge in [-0.05, 0) is 36.4 Å². The molecule has 0 saturated heterocycles. The number of rotatable bonds is 3. The molecule has 4 aromatic rings. The number of fused-ring (bicyclic) bond motifs is 2. The maximum absolute atomic E-state index is 13.1. The average molecular weight is 438 g/mol. The molecule has 0 atom stereocenters. The van der Waals surface area contributed by atoms with Crippen molar-refractivity contribution in [1.82, 2.24) is 0 Å². The van der Waals surface area contributed by atoms with Crippen LogP contribution in [0.5, 0.6) is 5.75 Å². The molecule has 0 aliphatic rings. The van der Waals surface area contributed by atoms with Crippen molar-refractivity contribution in [1.29, 1.82) is 0 Å². The molecule has 0 saturated carbocycles. The van der Waals surface area contributed by atoms with Gasteiger partial charge in [0.2, 0.25) is 0 Å². The number of halogens is 3. The smallest absolute Gasteiger partial charge is 0.417 e. The van der Waals surface area contributed by atoms with E-state index in [9.17, 15) is 31.2 Å². The van der Waals surface area contributed by atoms with Gasteiger partial charge >= 0.3 is 27.5 Å². The van der Waals surface area contributed by atoms with Gasteiger partial charge < -0.3 is 13.0 Å². The van der Waals surface area contributed by atoms with Gasteiger partial charge in [-0.25, -0.2) is 9.59 Å². The summed E-state index contributed by atoms with van der Waals surface area (Å²) in [6.07, 6.45) is -4.80. The quantitative estimate of drug-likeness (QED) is 0.355. The highest BCUT2D eigenvalue weighted by molar-refractivity contribution is 7.87. The van der Waals surface area contributed by atoms with E-state index in [2.05, 4.69) is 0 Å². The van der Waals surface area contributed by atoms with E-state index in [4.69, 9.17) is 13.0 Å². The third kappa shape index (κ3) is 3.66. The van der Waals surface area contributed by atoms with Crippen LogP contribution in [-0.4, -0.2) is 8.42 Å². The van der Waals surface area contributed by atoms with Gasteiger partial charge in [0.25, 0.3) is 0 Å². The lowest BCUT2D eigenvalue weighted by Gasteiger charge is -2.11. The van der Waals surface area contributed by atoms with Crippen molar-refractivity contribution >= 4 is 32.1 Å². The second-order valence-corrected chi connectivity index (χ2v) is 7.67. The first kappa shape index (κ1) is 19.7. The SMILES string of the molecule is O=c1ccc2cc(S(=O)(=O)Oc3ccc4c(C(F)(F)F)cc(=O)oc4c3)ccc2o1. The first-order chi connectivity index (χ1) is 14.0. The Hall–Kier alpha value is -3.60. The molecule has 2 aromatic carbocycles. The lowest BCUT2D eigenvalue weighted by Crippen LogP contribution is -2.12. The fraction of sp³-hybridized carbons (Fsp3) is 0.0526. The molecule has 0 aliphatic carbocycles. The Kier molecular flexibility index (Phi) is 4.42. The predicted octanol–water partition coefficient (Wildman–Crippen LogP) is 3.69. The van der Waals surface area contributed by atoms with E-state index >= 15 is 0 Å². The lowest BCUT2D eigenvalue weighted by molar-refractivity contribution is -0.136. The van der Waals surface area contributed by atoms with Gasteiger partial charge in [0.15, 0.2) is 0 Å². The summed E-state index contributed by atoms with van der Waals surface area (Å²) in [6.45, 7) is 0. The molecule has 0 amide bonds. The van der Waals surface area contributed by atoms with Crippen molar-refractivity contribution in [3.05, 3.63) is 81.0 Å². The zero-order valence-electron chi connectivity index (χ0n) is 14.6. The Morgan fingerprint density at radius 2 is 1.53 bits per heavy atom. The van der Waals surface area contributed by atoms with Crippen LogP contribution >= 0.6 is 0 Å². The van der Waals surface area contributed by atoms with Crippen LogP contribution in [0.4, 0.5) is 13.2 Å². The molecule has 0 unspecified atom stereocenters. The predicted molar refractivity (Wildman–Crippen MR) is 97.8 cm³/mol. The molecule has 0 aliphatic heterocycles. The van der Waals surface area contributed by atoms with Crippen LogP contribution < -0.4 is 15.4 Å². The van der Waals surface area contributed by atoms with Gasteiger partial charge in [0.1, 0.15) is 21.8 Å². The van der Waals surface area contributed by atoms with Crippen molar-refractivity contribution in [2.75, 3.05) is 0 Å². The topological polar surface area (TPSA) is 104 Å². The molecule has 0 spiro atoms. The van der Waals surface area contributed by atoms with Crippen molar-refractivity contribution in [3.63, 3.8) is 0 Å². The summed E-state index contributed by atoms with van der Waals surface area (Å²) in [6, 6.07) is 9.24. The standard InChI is InChI=1S/C19H9F3O7S/c20-19(21,22)14-9-18(24)28-16-8-11(2-4-13(14)16)29-30(25,26)12-3-5-15-10(7-12)1-6-17(23)27-15/h1-9H. The summed E-state index contributed by atoms with van der Waals surface area (Å²) in [7, 11) is -4.39. The number of hydrogen-bond donors (Lipinski definition) is 0. The molecule has 0 radical (unpaired) electrons. The highest BCUT2D eigenvalue weighted by atomic mass is 32.2. The molecule has 7 nitrogen and oxygen atoms in total. The van der Waals surface area contributed by atoms with E-state index in [1.54, 1.807) is 0 Å². The molecule has 4 rings (SSSR count). The lowest BCUT2D eigenvalue weighted by atomic mass is 10.1. The summed E-state index contributed by atoms with van der Waals surface area (Å²) in [4.78, 5) is 22.4. The van der Waals surface area contributed by atoms with Crippen LogP contribution in [0.1, 0.15) is 5.56 Å². The zero-order chi connectivity index (χ0) is 21.7. The summed E-state index contributed by atoms with van der Waals surface area (Å²) in [5, 5.41) is -0.105. The molecule has 2 aromatic heterocycles. The van der Waals surface area contributed by atoms with Gasteiger partial charge in [0, 0.05) is 29.0 Å². The Bertz CT molecular complexity index is 1520. The largest absolute Gasteiger partial charge is 0.423 e. The minimum absolute atomic E-state index is 0.161. The maximum Gasteiger partial charge on any atom is 0.417 e. The third-order valence-electron chi connectivity index (χ3n) is 4.11. The molecule has 0 bridgehead atoms. The molecule has 154 valence electrons. The van der Waals surface area contributed by atoms with Crippen molar-refractivity contribution in [3.8, 4) is 5.75 Å². The minimum atomic E-state index is -4.80. The average Bonchev–Trinajstić information content (AvgIpc) is 2.65. The van der Waals surface area contributed by atoms with E-state index in [-0.39, 0.29) is 16.2 Å². The highest BCUT2D eigenvalue weighted by Crippen LogP contribution is 2.35. The van der Waals surface area contributed by atoms with Gasteiger partial charge in [-0.15, -0.1) is 0 Å². The molecule has 30 heavy (non-hydrogen) atoms. The molecule has 0 fully saturated rings. The van der Waals surface area contributed by atoms with E-state index in [1.165, 1.54) is 18.2 Å². The van der Waals surface area contributed by atoms with Crippen LogP contribution in [-0.2, 0) is 16.3 Å². The third-order valence-corrected chi connectivity index (χ3v) is 5.35. The summed E-state index contributed by atoms with van der Waals surface area (Å²) < 4.78 is 79.1. The minimum Gasteiger partial charge on any atom is -0.423 e. The summed E-state index contributed by atoms with van der Waals surface area (Å²) in [5.41, 5.74) is -3.38. The van der Waals surface area contributed by atoms with Crippen molar-refractivity contribution in [2.24, 2.45) is 0 Å². The van der Waals surface area contributed by atoms with Gasteiger partial charge in [-0.2, -0.15) is 21.6 Å². The molecule has 0 N–H and O–H groups in total. The Labute approximate surface area is 165 Å². The molecular weight excluding hydrogens is 429 g/mol. The Morgan fingerprint density at radius 1 is 0.800 bits per heavy atom. The number of benzene rings is 2. The monoisotopic (exact) mass is 438 g/mol. The highest BCUT2D eigenvalue weighted by Gasteiger charge is 2.34. The first-order valence-corrected chi connectivity index (χ1v) is 9.57. The zero-order valence-corrected chi connectivity index (χ0v) is 15.4. The van der Waals surface area contributed by atoms with E-state index in [0.717, 1.165) is 30.3 Å². The Morgan fingerprint density at radius 3 is 2.27 bits per heavy atom. The normalized spacial score (nSPS) is 12.4. The second-order valence-electron chi connectivity index (χ2n) is 6.13. The number of hydrogen-bond acceptors (Lipinski definition) is 7. The van der Waals surface area contributed by atoms with Gasteiger partial charge in [-0.3, -0.25) is 0 Å². The summed E-state index contributed by atoms with van der Waals surface area (Å²) in [5.74, 6) is -0.357. The van der Waals surface area contributed by atoms with Crippen molar-refractivity contribution in [2.45, 2.75) is 11.1 Å². The van der Waals surface area contributed by atoms with Crippen molar-refractivity contribution < 1.29 is 34.6 Å². The van der Waals surface area contributed by atoms with Gasteiger partial charge in [-0.1, -0.05) is 0 Å². The summed E-state index contributed by atoms with van der Waals surface area (Å²) >= 11 is 0. The number of alkyl halides is 3. The molecule has 11 heteroatoms. The van der Waals surface area contributed by atoms with Crippen LogP contribution in [0.3, 0.4) is 0 Å². The first-order valence-electron chi connectivity index (χ1n) is 8.16. The van der Waals surface area contributed by atoms with Crippen LogP contribution in [0.15, 0.2) is 77.9 Å². The molecule has 2 heterocycles. The van der Waals surface area contributed by atoms with E-state index < -0.39 is 44.1 Å². The van der Waals surface area contributed by atoms with E-state index in [0.29, 0.717) is 11.5 Å². The van der Waals surface area contributed by atoms with Crippen LogP contribution in [0, 0.1) is 0 Å². The van der Waals surface area contributed by atoms with E-state index in [1.807, 2.05) is 0 Å². The fourth-order valence-corrected chi connectivity index (χ4v) is 3.77. The second kappa shape index (κ2) is 6.73. The van der Waals surface area contributed by atoms with Crippen LogP contribution in [0.2, 0.25) is 0 Å². The van der Waals surface area contributed by atoms with Gasteiger partial charge in [0.05, 0.1) is 5.56 Å². The Balaban J connectivity index is 1.75. The molecular formula is C19H9F3O7S. The maximum atomic E-state index is 13.1. The van der Waals surface area contributed by atoms with Crippen LogP contribution in [0.25, 0.3) is 21.9 Å². The fourth-order valence-electron chi connectivity index (χ4n) is 2.81.